The van der Waals surface area contributed by atoms with Gasteiger partial charge >= 0.3 is 5.56 Å². The molecule has 4 aromatic rings. The van der Waals surface area contributed by atoms with E-state index in [1.807, 2.05) is 41.3 Å². The molecule has 2 aliphatic rings. The van der Waals surface area contributed by atoms with Gasteiger partial charge < -0.3 is 9.64 Å². The zero-order valence-corrected chi connectivity index (χ0v) is 24.1. The molecule has 1 aromatic heterocycles. The molecular formula is C31H31ClN4O4S. The number of rotatable bonds is 7. The minimum Gasteiger partial charge on any atom is -0.483 e. The molecular weight excluding hydrogens is 560 g/mol. The highest BCUT2D eigenvalue weighted by Crippen LogP contribution is 2.31. The van der Waals surface area contributed by atoms with Crippen molar-refractivity contribution in [3.8, 4) is 22.6 Å². The number of nitrogens with zero attached hydrogens (tertiary/aromatic N) is 4. The Balaban J connectivity index is 1.25. The summed E-state index contributed by atoms with van der Waals surface area (Å²) in [5.74, 6) is 0.249. The number of anilines is 1. The van der Waals surface area contributed by atoms with Crippen molar-refractivity contribution in [2.24, 2.45) is 0 Å². The van der Waals surface area contributed by atoms with E-state index in [2.05, 4.69) is 5.10 Å². The van der Waals surface area contributed by atoms with E-state index in [9.17, 15) is 13.2 Å². The predicted octanol–water partition coefficient (Wildman–Crippen LogP) is 5.39. The molecule has 6 rings (SSSR count). The van der Waals surface area contributed by atoms with Gasteiger partial charge in [-0.15, -0.1) is 0 Å². The number of ether oxygens (including phenoxy) is 1. The molecule has 212 valence electrons. The average molecular weight is 591 g/mol. The van der Waals surface area contributed by atoms with Crippen LogP contribution in [0.3, 0.4) is 0 Å². The Kier molecular flexibility index (Phi) is 7.84. The Bertz CT molecular complexity index is 1700. The van der Waals surface area contributed by atoms with Crippen LogP contribution in [0.5, 0.6) is 5.75 Å². The summed E-state index contributed by atoms with van der Waals surface area (Å²) in [6.07, 6.45) is 5.53. The van der Waals surface area contributed by atoms with Crippen LogP contribution in [0, 0.1) is 0 Å². The lowest BCUT2D eigenvalue weighted by atomic mass is 10.1. The number of sulfonamides is 1. The van der Waals surface area contributed by atoms with Gasteiger partial charge in [0.25, 0.3) is 0 Å². The zero-order chi connectivity index (χ0) is 28.4. The Morgan fingerprint density at radius 2 is 1.54 bits per heavy atom. The number of hydrogen-bond acceptors (Lipinski definition) is 6. The van der Waals surface area contributed by atoms with Crippen molar-refractivity contribution in [2.45, 2.75) is 36.7 Å². The summed E-state index contributed by atoms with van der Waals surface area (Å²) in [6.45, 7) is 1.36. The van der Waals surface area contributed by atoms with E-state index in [1.165, 1.54) is 8.99 Å². The Labute approximate surface area is 244 Å². The summed E-state index contributed by atoms with van der Waals surface area (Å²) in [5, 5.41) is 4.95. The van der Waals surface area contributed by atoms with Crippen LogP contribution < -0.4 is 15.2 Å². The standard InChI is InChI=1S/C31H31ClN4O4S/c32-25-11-7-12-26(21-25)36-31(37)30(40-27-13-4-5-14-27)29(22-33-36)34-16-18-35(19-17-34)41(38,39)28-15-6-10-24(20-28)23-8-2-1-3-9-23/h1-3,6-12,15,20-22,27H,4-5,13-14,16-19H2. The van der Waals surface area contributed by atoms with Crippen molar-refractivity contribution in [3.05, 3.63) is 100 Å². The fraction of sp³-hybridized carbons (Fsp3) is 0.290. The van der Waals surface area contributed by atoms with Crippen LogP contribution >= 0.6 is 11.6 Å². The lowest BCUT2D eigenvalue weighted by Gasteiger charge is -2.36. The highest BCUT2D eigenvalue weighted by Gasteiger charge is 2.31. The highest BCUT2D eigenvalue weighted by atomic mass is 35.5. The van der Waals surface area contributed by atoms with Gasteiger partial charge in [-0.3, -0.25) is 4.79 Å². The van der Waals surface area contributed by atoms with Crippen LogP contribution in [0.1, 0.15) is 25.7 Å². The maximum Gasteiger partial charge on any atom is 0.316 e. The molecule has 0 radical (unpaired) electrons. The lowest BCUT2D eigenvalue weighted by Crippen LogP contribution is -2.49. The van der Waals surface area contributed by atoms with Gasteiger partial charge in [0.2, 0.25) is 15.8 Å². The number of aromatic nitrogens is 2. The van der Waals surface area contributed by atoms with Crippen molar-refractivity contribution in [2.75, 3.05) is 31.1 Å². The lowest BCUT2D eigenvalue weighted by molar-refractivity contribution is 0.205. The molecule has 0 spiro atoms. The molecule has 10 heteroatoms. The minimum absolute atomic E-state index is 0.0322. The van der Waals surface area contributed by atoms with E-state index in [1.54, 1.807) is 48.7 Å². The van der Waals surface area contributed by atoms with Crippen LogP contribution in [-0.2, 0) is 10.0 Å². The van der Waals surface area contributed by atoms with Gasteiger partial charge in [0.15, 0.2) is 0 Å². The average Bonchev–Trinajstić information content (AvgIpc) is 3.52. The van der Waals surface area contributed by atoms with E-state index < -0.39 is 10.0 Å². The molecule has 3 aromatic carbocycles. The second-order valence-corrected chi connectivity index (χ2v) is 12.7. The summed E-state index contributed by atoms with van der Waals surface area (Å²) >= 11 is 6.18. The Hall–Kier alpha value is -3.66. The Morgan fingerprint density at radius 3 is 2.27 bits per heavy atom. The molecule has 1 aliphatic carbocycles. The van der Waals surface area contributed by atoms with Gasteiger partial charge in [-0.25, -0.2) is 8.42 Å². The summed E-state index contributed by atoms with van der Waals surface area (Å²) in [7, 11) is -3.70. The first kappa shape index (κ1) is 27.5. The van der Waals surface area contributed by atoms with E-state index in [0.29, 0.717) is 29.5 Å². The third-order valence-corrected chi connectivity index (χ3v) is 9.84. The topological polar surface area (TPSA) is 84.7 Å². The van der Waals surface area contributed by atoms with Crippen LogP contribution in [0.25, 0.3) is 16.8 Å². The maximum atomic E-state index is 13.7. The summed E-state index contributed by atoms with van der Waals surface area (Å²) < 4.78 is 36.3. The molecule has 1 aliphatic heterocycles. The largest absolute Gasteiger partial charge is 0.483 e. The number of benzene rings is 3. The van der Waals surface area contributed by atoms with E-state index in [4.69, 9.17) is 16.3 Å². The predicted molar refractivity (Wildman–Crippen MR) is 161 cm³/mol. The number of halogens is 1. The van der Waals surface area contributed by atoms with Crippen molar-refractivity contribution in [1.29, 1.82) is 0 Å². The molecule has 2 heterocycles. The highest BCUT2D eigenvalue weighted by molar-refractivity contribution is 7.89. The molecule has 8 nitrogen and oxygen atoms in total. The second-order valence-electron chi connectivity index (χ2n) is 10.4. The SMILES string of the molecule is O=c1c(OC2CCCC2)c(N2CCN(S(=O)(=O)c3cccc(-c4ccccc4)c3)CC2)cnn1-c1cccc(Cl)c1. The van der Waals surface area contributed by atoms with Crippen LogP contribution in [0.15, 0.2) is 94.7 Å². The van der Waals surface area contributed by atoms with E-state index in [0.717, 1.165) is 36.8 Å². The first-order valence-corrected chi connectivity index (χ1v) is 15.7. The molecule has 0 atom stereocenters. The van der Waals surface area contributed by atoms with Gasteiger partial charge in [0.05, 0.1) is 22.9 Å². The third-order valence-electron chi connectivity index (χ3n) is 7.71. The number of piperazine rings is 1. The minimum atomic E-state index is -3.70. The van der Waals surface area contributed by atoms with E-state index in [-0.39, 0.29) is 35.4 Å². The first-order valence-electron chi connectivity index (χ1n) is 13.9. The zero-order valence-electron chi connectivity index (χ0n) is 22.5. The van der Waals surface area contributed by atoms with Crippen LogP contribution in [0.2, 0.25) is 5.02 Å². The van der Waals surface area contributed by atoms with Crippen molar-refractivity contribution in [3.63, 3.8) is 0 Å². The van der Waals surface area contributed by atoms with E-state index >= 15 is 0 Å². The molecule has 0 amide bonds. The number of hydrogen-bond donors (Lipinski definition) is 0. The summed E-state index contributed by atoms with van der Waals surface area (Å²) in [4.78, 5) is 15.9. The third kappa shape index (κ3) is 5.75. The molecule has 0 bridgehead atoms. The van der Waals surface area contributed by atoms with Gasteiger partial charge in [-0.2, -0.15) is 14.1 Å². The molecule has 1 saturated heterocycles. The van der Waals surface area contributed by atoms with Crippen LogP contribution in [-0.4, -0.2) is 54.8 Å². The van der Waals surface area contributed by atoms with Gasteiger partial charge in [-0.1, -0.05) is 60.1 Å². The maximum absolute atomic E-state index is 13.7. The first-order chi connectivity index (χ1) is 19.9. The fourth-order valence-corrected chi connectivity index (χ4v) is 7.17. The van der Waals surface area contributed by atoms with Crippen molar-refractivity contribution >= 4 is 27.3 Å². The molecule has 1 saturated carbocycles. The Morgan fingerprint density at radius 1 is 0.829 bits per heavy atom. The van der Waals surface area contributed by atoms with Gasteiger partial charge in [-0.05, 0) is 67.1 Å². The quantitative estimate of drug-likeness (QED) is 0.287. The molecule has 2 fully saturated rings. The van der Waals surface area contributed by atoms with Gasteiger partial charge in [0, 0.05) is 31.2 Å². The van der Waals surface area contributed by atoms with Gasteiger partial charge in [0.1, 0.15) is 5.69 Å². The normalized spacial score (nSPS) is 16.7. The summed E-state index contributed by atoms with van der Waals surface area (Å²) in [6, 6.07) is 23.8. The summed E-state index contributed by atoms with van der Waals surface area (Å²) in [5.41, 5.74) is 2.60. The fourth-order valence-electron chi connectivity index (χ4n) is 5.52. The van der Waals surface area contributed by atoms with Crippen molar-refractivity contribution in [1.82, 2.24) is 14.1 Å². The molecule has 0 N–H and O–H groups in total. The smallest absolute Gasteiger partial charge is 0.316 e. The molecule has 41 heavy (non-hydrogen) atoms. The van der Waals surface area contributed by atoms with Crippen molar-refractivity contribution < 1.29 is 13.2 Å². The molecule has 0 unspecified atom stereocenters. The second kappa shape index (κ2) is 11.7. The van der Waals surface area contributed by atoms with Crippen LogP contribution in [0.4, 0.5) is 5.69 Å². The monoisotopic (exact) mass is 590 g/mol.